The van der Waals surface area contributed by atoms with Crippen molar-refractivity contribution >= 4 is 5.97 Å². The van der Waals surface area contributed by atoms with Gasteiger partial charge in [-0.25, -0.2) is 0 Å². The molecule has 0 heterocycles. The third-order valence-electron chi connectivity index (χ3n) is 9.51. The summed E-state index contributed by atoms with van der Waals surface area (Å²) in [6.07, 6.45) is 9.06. The highest BCUT2D eigenvalue weighted by Crippen LogP contribution is 2.65. The highest BCUT2D eigenvalue weighted by molar-refractivity contribution is 5.75. The van der Waals surface area contributed by atoms with Crippen LogP contribution in [0, 0.1) is 34.0 Å². The van der Waals surface area contributed by atoms with Gasteiger partial charge < -0.3 is 14.9 Å². The maximum Gasteiger partial charge on any atom is 0.311 e. The maximum absolute atomic E-state index is 12.5. The summed E-state index contributed by atoms with van der Waals surface area (Å²) < 4.78 is 5.96. The van der Waals surface area contributed by atoms with Gasteiger partial charge in [-0.3, -0.25) is 4.79 Å². The second-order valence-electron chi connectivity index (χ2n) is 12.1. The molecular weight excluding hydrogens is 376 g/mol. The third-order valence-corrected chi connectivity index (χ3v) is 9.51. The molecule has 3 fully saturated rings. The summed E-state index contributed by atoms with van der Waals surface area (Å²) in [7, 11) is 0. The molecular formula is C26H42O4. The van der Waals surface area contributed by atoms with Gasteiger partial charge in [0.2, 0.25) is 0 Å². The summed E-state index contributed by atoms with van der Waals surface area (Å²) >= 11 is 0. The molecule has 0 aromatic heterocycles. The van der Waals surface area contributed by atoms with Crippen molar-refractivity contribution in [2.24, 2.45) is 34.0 Å². The number of aliphatic hydroxyl groups is 2. The summed E-state index contributed by atoms with van der Waals surface area (Å²) in [6, 6.07) is 0. The van der Waals surface area contributed by atoms with Gasteiger partial charge in [0.05, 0.1) is 11.5 Å². The maximum atomic E-state index is 12.5. The fraction of sp³-hybridized carbons (Fsp3) is 0.885. The number of ether oxygens (including phenoxy) is 1. The molecule has 0 aromatic rings. The summed E-state index contributed by atoms with van der Waals surface area (Å²) in [4.78, 5) is 12.5. The van der Waals surface area contributed by atoms with Crippen molar-refractivity contribution in [1.82, 2.24) is 0 Å². The Morgan fingerprint density at radius 3 is 2.57 bits per heavy atom. The molecule has 0 unspecified atom stereocenters. The molecule has 2 N–H and O–H groups in total. The van der Waals surface area contributed by atoms with Crippen LogP contribution in [0.5, 0.6) is 0 Å². The van der Waals surface area contributed by atoms with Crippen molar-refractivity contribution in [3.8, 4) is 0 Å². The summed E-state index contributed by atoms with van der Waals surface area (Å²) in [5.74, 6) is 1.20. The van der Waals surface area contributed by atoms with Crippen molar-refractivity contribution in [3.05, 3.63) is 11.1 Å². The molecule has 30 heavy (non-hydrogen) atoms. The molecule has 4 rings (SSSR count). The number of aliphatic hydroxyl groups excluding tert-OH is 2. The standard InChI is InChI=1S/C26H42O4/c1-16(30-23(29)24(2,3)4)20-8-9-21-19-7-6-17-14-18(28)10-13-26(17,15-27)22(19)11-12-25(20,21)5/h16-18,20,22,27-28H,6-15H2,1-5H3/t16-,17-,18-,20+,22-,25+,26+/m0/s1. The van der Waals surface area contributed by atoms with Gasteiger partial charge in [-0.05, 0) is 103 Å². The Bertz CT molecular complexity index is 719. The van der Waals surface area contributed by atoms with Gasteiger partial charge in [-0.2, -0.15) is 0 Å². The molecule has 4 aliphatic rings. The average Bonchev–Trinajstić information content (AvgIpc) is 3.04. The van der Waals surface area contributed by atoms with E-state index in [1.54, 1.807) is 11.1 Å². The van der Waals surface area contributed by atoms with Gasteiger partial charge in [0.25, 0.3) is 0 Å². The minimum absolute atomic E-state index is 0.0243. The van der Waals surface area contributed by atoms with E-state index >= 15 is 0 Å². The number of fused-ring (bicyclic) bond motifs is 4. The molecule has 0 aliphatic heterocycles. The molecule has 4 aliphatic carbocycles. The van der Waals surface area contributed by atoms with Crippen molar-refractivity contribution in [2.75, 3.05) is 6.61 Å². The smallest absolute Gasteiger partial charge is 0.311 e. The van der Waals surface area contributed by atoms with E-state index in [9.17, 15) is 15.0 Å². The lowest BCUT2D eigenvalue weighted by molar-refractivity contribution is -0.162. The molecule has 0 radical (unpaired) electrons. The number of carbonyl (C=O) groups is 1. The van der Waals surface area contributed by atoms with Gasteiger partial charge in [-0.15, -0.1) is 0 Å². The van der Waals surface area contributed by atoms with E-state index in [4.69, 9.17) is 4.74 Å². The van der Waals surface area contributed by atoms with Crippen LogP contribution in [0.4, 0.5) is 0 Å². The zero-order chi connectivity index (χ0) is 21.9. The summed E-state index contributed by atoms with van der Waals surface area (Å²) in [5.41, 5.74) is 2.87. The van der Waals surface area contributed by atoms with E-state index in [1.807, 2.05) is 20.8 Å². The van der Waals surface area contributed by atoms with Gasteiger partial charge in [0, 0.05) is 17.9 Å². The second-order valence-corrected chi connectivity index (χ2v) is 12.1. The molecule has 7 atom stereocenters. The molecule has 0 spiro atoms. The lowest BCUT2D eigenvalue weighted by atomic mass is 9.48. The lowest BCUT2D eigenvalue weighted by Crippen LogP contribution is -2.52. The van der Waals surface area contributed by atoms with E-state index < -0.39 is 5.41 Å². The molecule has 4 nitrogen and oxygen atoms in total. The van der Waals surface area contributed by atoms with Crippen LogP contribution in [0.15, 0.2) is 11.1 Å². The van der Waals surface area contributed by atoms with E-state index in [0.29, 0.717) is 17.8 Å². The van der Waals surface area contributed by atoms with Gasteiger partial charge in [0.1, 0.15) is 6.10 Å². The molecule has 0 amide bonds. The van der Waals surface area contributed by atoms with Crippen LogP contribution in [0.2, 0.25) is 0 Å². The van der Waals surface area contributed by atoms with E-state index in [-0.39, 0.29) is 35.6 Å². The minimum atomic E-state index is -0.468. The van der Waals surface area contributed by atoms with Crippen LogP contribution in [-0.4, -0.2) is 35.0 Å². The highest BCUT2D eigenvalue weighted by atomic mass is 16.5. The second kappa shape index (κ2) is 7.62. The predicted molar refractivity (Wildman–Crippen MR) is 118 cm³/mol. The number of esters is 1. The summed E-state index contributed by atoms with van der Waals surface area (Å²) in [6.45, 7) is 10.5. The van der Waals surface area contributed by atoms with E-state index in [0.717, 1.165) is 57.8 Å². The van der Waals surface area contributed by atoms with Crippen molar-refractivity contribution in [2.45, 2.75) is 105 Å². The fourth-order valence-electron chi connectivity index (χ4n) is 7.79. The number of hydrogen-bond acceptors (Lipinski definition) is 4. The Morgan fingerprint density at radius 2 is 1.90 bits per heavy atom. The first-order valence-corrected chi connectivity index (χ1v) is 12.3. The minimum Gasteiger partial charge on any atom is -0.462 e. The van der Waals surface area contributed by atoms with E-state index in [2.05, 4.69) is 13.8 Å². The summed E-state index contributed by atoms with van der Waals surface area (Å²) in [5, 5.41) is 20.8. The molecule has 4 heteroatoms. The Hall–Kier alpha value is -0.870. The lowest BCUT2D eigenvalue weighted by Gasteiger charge is -2.57. The molecule has 3 saturated carbocycles. The van der Waals surface area contributed by atoms with Crippen molar-refractivity contribution in [3.63, 3.8) is 0 Å². The SMILES string of the molecule is C[C@H](OC(=O)C(C)(C)C)[C@H]1CCC2=C3CC[C@H]4C[C@@H](O)CC[C@]4(CO)[C@H]3CC[C@@]21C. The monoisotopic (exact) mass is 418 g/mol. The molecule has 0 saturated heterocycles. The van der Waals surface area contributed by atoms with Crippen molar-refractivity contribution in [1.29, 1.82) is 0 Å². The largest absolute Gasteiger partial charge is 0.462 e. The van der Waals surface area contributed by atoms with Crippen LogP contribution in [0.25, 0.3) is 0 Å². The average molecular weight is 419 g/mol. The number of rotatable bonds is 3. The van der Waals surface area contributed by atoms with Crippen LogP contribution < -0.4 is 0 Å². The Morgan fingerprint density at radius 1 is 1.17 bits per heavy atom. The van der Waals surface area contributed by atoms with Gasteiger partial charge in [0.15, 0.2) is 0 Å². The number of allylic oxidation sites excluding steroid dienone is 2. The zero-order valence-corrected chi connectivity index (χ0v) is 19.7. The predicted octanol–water partition coefficient (Wildman–Crippen LogP) is 5.02. The quantitative estimate of drug-likeness (QED) is 0.499. The topological polar surface area (TPSA) is 66.8 Å². The highest BCUT2D eigenvalue weighted by Gasteiger charge is 2.57. The number of hydrogen-bond donors (Lipinski definition) is 2. The molecule has 0 bridgehead atoms. The molecule has 0 aromatic carbocycles. The van der Waals surface area contributed by atoms with Crippen LogP contribution in [0.1, 0.15) is 92.4 Å². The third kappa shape index (κ3) is 3.37. The Kier molecular flexibility index (Phi) is 5.67. The van der Waals surface area contributed by atoms with Crippen molar-refractivity contribution < 1.29 is 19.7 Å². The first-order chi connectivity index (χ1) is 14.0. The Balaban J connectivity index is 1.61. The van der Waals surface area contributed by atoms with Crippen LogP contribution in [0.3, 0.4) is 0 Å². The van der Waals surface area contributed by atoms with Gasteiger partial charge >= 0.3 is 5.97 Å². The van der Waals surface area contributed by atoms with Crippen LogP contribution in [-0.2, 0) is 9.53 Å². The first kappa shape index (κ1) is 22.3. The van der Waals surface area contributed by atoms with Crippen LogP contribution >= 0.6 is 0 Å². The zero-order valence-electron chi connectivity index (χ0n) is 19.7. The molecule has 170 valence electrons. The normalized spacial score (nSPS) is 42.2. The first-order valence-electron chi connectivity index (χ1n) is 12.3. The Labute approximate surface area is 182 Å². The fourth-order valence-corrected chi connectivity index (χ4v) is 7.79. The number of carbonyl (C=O) groups excluding carboxylic acids is 1. The van der Waals surface area contributed by atoms with E-state index in [1.165, 1.54) is 0 Å². The van der Waals surface area contributed by atoms with Gasteiger partial charge in [-0.1, -0.05) is 18.1 Å².